The van der Waals surface area contributed by atoms with E-state index >= 15 is 0 Å². The van der Waals surface area contributed by atoms with Crippen molar-refractivity contribution in [2.45, 2.75) is 27.2 Å². The molecule has 7 heteroatoms. The number of hydrogen-bond donors (Lipinski definition) is 2. The molecule has 0 atom stereocenters. The molecule has 6 nitrogen and oxygen atoms in total. The van der Waals surface area contributed by atoms with Crippen molar-refractivity contribution >= 4 is 33.9 Å². The Balaban J connectivity index is 3.26. The van der Waals surface area contributed by atoms with E-state index in [-0.39, 0.29) is 5.70 Å². The number of nitrogens with one attached hydrogen (secondary N) is 1. The lowest BCUT2D eigenvalue weighted by Gasteiger charge is -2.14. The molecule has 2 N–H and O–H groups in total. The van der Waals surface area contributed by atoms with Crippen molar-refractivity contribution in [2.75, 3.05) is 13.2 Å². The molecular weight excluding hydrogens is 366 g/mol. The summed E-state index contributed by atoms with van der Waals surface area (Å²) in [5.74, 6) is -0.595. The number of halogens is 1. The Kier molecular flexibility index (Phi) is 7.61. The minimum atomic E-state index is -1.22. The average Bonchev–Trinajstić information content (AvgIpc) is 2.45. The smallest absolute Gasteiger partial charge is 0.352 e. The van der Waals surface area contributed by atoms with Gasteiger partial charge in [-0.3, -0.25) is 4.79 Å². The Labute approximate surface area is 143 Å². The minimum Gasteiger partial charge on any atom is -0.490 e. The number of amides is 1. The highest BCUT2D eigenvalue weighted by atomic mass is 79.9. The van der Waals surface area contributed by atoms with Crippen LogP contribution < -0.4 is 14.8 Å². The molecule has 23 heavy (non-hydrogen) atoms. The van der Waals surface area contributed by atoms with Gasteiger partial charge in [-0.05, 0) is 53.0 Å². The molecule has 0 spiro atoms. The molecule has 0 saturated carbocycles. The van der Waals surface area contributed by atoms with E-state index in [1.807, 2.05) is 13.8 Å². The summed E-state index contributed by atoms with van der Waals surface area (Å²) in [6.07, 6.45) is 2.21. The summed E-state index contributed by atoms with van der Waals surface area (Å²) >= 11 is 3.41. The maximum atomic E-state index is 11.2. The summed E-state index contributed by atoms with van der Waals surface area (Å²) < 4.78 is 11.9. The number of carbonyl (C=O) groups is 2. The molecule has 0 unspecified atom stereocenters. The summed E-state index contributed by atoms with van der Waals surface area (Å²) in [5.41, 5.74) is 0.351. The van der Waals surface area contributed by atoms with Crippen LogP contribution in [0.3, 0.4) is 0 Å². The molecule has 0 bridgehead atoms. The van der Waals surface area contributed by atoms with Crippen LogP contribution in [0, 0.1) is 0 Å². The van der Waals surface area contributed by atoms with Gasteiger partial charge in [0.2, 0.25) is 5.91 Å². The van der Waals surface area contributed by atoms with Crippen LogP contribution in [0.15, 0.2) is 22.3 Å². The lowest BCUT2D eigenvalue weighted by Crippen LogP contribution is -2.24. The number of benzene rings is 1. The van der Waals surface area contributed by atoms with E-state index in [1.165, 1.54) is 13.0 Å². The Bertz CT molecular complexity index is 613. The van der Waals surface area contributed by atoms with Gasteiger partial charge in [-0.15, -0.1) is 0 Å². The summed E-state index contributed by atoms with van der Waals surface area (Å²) in [4.78, 5) is 22.3. The van der Waals surface area contributed by atoms with Crippen LogP contribution in [0.1, 0.15) is 32.8 Å². The molecule has 126 valence electrons. The van der Waals surface area contributed by atoms with Gasteiger partial charge in [0, 0.05) is 6.92 Å². The zero-order chi connectivity index (χ0) is 17.4. The van der Waals surface area contributed by atoms with Gasteiger partial charge in [0.05, 0.1) is 17.7 Å². The molecule has 1 aromatic carbocycles. The summed E-state index contributed by atoms with van der Waals surface area (Å²) in [5, 5.41) is 11.4. The monoisotopic (exact) mass is 385 g/mol. The van der Waals surface area contributed by atoms with E-state index in [4.69, 9.17) is 14.6 Å². The van der Waals surface area contributed by atoms with E-state index in [0.29, 0.717) is 34.7 Å². The first-order valence-electron chi connectivity index (χ1n) is 7.20. The molecule has 0 aliphatic carbocycles. The number of hydrogen-bond acceptors (Lipinski definition) is 4. The quantitative estimate of drug-likeness (QED) is 0.671. The molecule has 1 amide bonds. The van der Waals surface area contributed by atoms with Crippen LogP contribution in [0.4, 0.5) is 0 Å². The van der Waals surface area contributed by atoms with Crippen molar-refractivity contribution in [3.05, 3.63) is 27.9 Å². The summed E-state index contributed by atoms with van der Waals surface area (Å²) in [6.45, 7) is 6.08. The molecule has 0 saturated heterocycles. The van der Waals surface area contributed by atoms with Crippen LogP contribution in [0.5, 0.6) is 11.5 Å². The second-order valence-electron chi connectivity index (χ2n) is 4.66. The first-order chi connectivity index (χ1) is 10.9. The Morgan fingerprint density at radius 1 is 1.30 bits per heavy atom. The van der Waals surface area contributed by atoms with Crippen molar-refractivity contribution < 1.29 is 24.2 Å². The highest BCUT2D eigenvalue weighted by Gasteiger charge is 2.14. The molecule has 0 radical (unpaired) electrons. The third-order valence-electron chi connectivity index (χ3n) is 2.63. The second-order valence-corrected chi connectivity index (χ2v) is 5.51. The van der Waals surface area contributed by atoms with Crippen LogP contribution in [-0.4, -0.2) is 30.2 Å². The fourth-order valence-electron chi connectivity index (χ4n) is 1.79. The van der Waals surface area contributed by atoms with E-state index < -0.39 is 11.9 Å². The van der Waals surface area contributed by atoms with Gasteiger partial charge >= 0.3 is 5.97 Å². The fourth-order valence-corrected chi connectivity index (χ4v) is 2.36. The van der Waals surface area contributed by atoms with Crippen LogP contribution in [-0.2, 0) is 9.59 Å². The van der Waals surface area contributed by atoms with Crippen LogP contribution in [0.25, 0.3) is 6.08 Å². The Morgan fingerprint density at radius 3 is 2.52 bits per heavy atom. The van der Waals surface area contributed by atoms with Gasteiger partial charge in [0.1, 0.15) is 5.70 Å². The number of carboxylic acid groups (broad SMARTS) is 1. The third kappa shape index (κ3) is 5.94. The summed E-state index contributed by atoms with van der Waals surface area (Å²) in [6, 6.07) is 3.38. The number of carboxylic acids is 1. The zero-order valence-corrected chi connectivity index (χ0v) is 14.9. The zero-order valence-electron chi connectivity index (χ0n) is 13.3. The first-order valence-corrected chi connectivity index (χ1v) is 8.00. The average molecular weight is 386 g/mol. The maximum absolute atomic E-state index is 11.2. The molecule has 0 aliphatic rings. The van der Waals surface area contributed by atoms with E-state index in [2.05, 4.69) is 21.2 Å². The number of ether oxygens (including phenoxy) is 2. The molecule has 0 fully saturated rings. The lowest BCUT2D eigenvalue weighted by atomic mass is 10.1. The van der Waals surface area contributed by atoms with Crippen molar-refractivity contribution in [1.29, 1.82) is 0 Å². The minimum absolute atomic E-state index is 0.214. The molecule has 0 heterocycles. The predicted molar refractivity (Wildman–Crippen MR) is 90.5 cm³/mol. The standard InChI is InChI=1S/C16H20BrNO5/c1-4-6-23-15-12(17)7-11(9-14(15)22-5-2)8-13(16(20)21)18-10(3)19/h7-9H,4-6H2,1-3H3,(H,18,19)(H,20,21)/b13-8+. The SMILES string of the molecule is CCCOc1c(Br)cc(/C=C(/NC(C)=O)C(=O)O)cc1OCC. The number of aliphatic carboxylic acids is 1. The summed E-state index contributed by atoms with van der Waals surface area (Å²) in [7, 11) is 0. The largest absolute Gasteiger partial charge is 0.490 e. The molecule has 1 aromatic rings. The van der Waals surface area contributed by atoms with E-state index in [9.17, 15) is 9.59 Å². The first kappa shape index (κ1) is 19.0. The molecule has 0 aromatic heterocycles. The van der Waals surface area contributed by atoms with Crippen LogP contribution >= 0.6 is 15.9 Å². The van der Waals surface area contributed by atoms with Gasteiger partial charge in [0.15, 0.2) is 11.5 Å². The van der Waals surface area contributed by atoms with Gasteiger partial charge in [-0.2, -0.15) is 0 Å². The van der Waals surface area contributed by atoms with Gasteiger partial charge < -0.3 is 19.9 Å². The Hall–Kier alpha value is -2.02. The number of rotatable bonds is 8. The number of carbonyl (C=O) groups excluding carboxylic acids is 1. The topological polar surface area (TPSA) is 84.9 Å². The van der Waals surface area contributed by atoms with Crippen molar-refractivity contribution in [3.8, 4) is 11.5 Å². The lowest BCUT2D eigenvalue weighted by molar-refractivity contribution is -0.134. The van der Waals surface area contributed by atoms with Gasteiger partial charge in [-0.1, -0.05) is 6.92 Å². The van der Waals surface area contributed by atoms with Crippen molar-refractivity contribution in [2.24, 2.45) is 0 Å². The van der Waals surface area contributed by atoms with Crippen molar-refractivity contribution in [1.82, 2.24) is 5.32 Å². The van der Waals surface area contributed by atoms with E-state index in [1.54, 1.807) is 12.1 Å². The highest BCUT2D eigenvalue weighted by molar-refractivity contribution is 9.10. The maximum Gasteiger partial charge on any atom is 0.352 e. The third-order valence-corrected chi connectivity index (χ3v) is 3.22. The normalized spacial score (nSPS) is 11.0. The predicted octanol–water partition coefficient (Wildman–Crippen LogP) is 3.20. The molecular formula is C16H20BrNO5. The fraction of sp³-hybridized carbons (Fsp3) is 0.375. The molecule has 0 aliphatic heterocycles. The van der Waals surface area contributed by atoms with E-state index in [0.717, 1.165) is 6.42 Å². The van der Waals surface area contributed by atoms with Gasteiger partial charge in [0.25, 0.3) is 0 Å². The van der Waals surface area contributed by atoms with Gasteiger partial charge in [-0.25, -0.2) is 4.79 Å². The highest BCUT2D eigenvalue weighted by Crippen LogP contribution is 2.37. The molecule has 1 rings (SSSR count). The van der Waals surface area contributed by atoms with Crippen LogP contribution in [0.2, 0.25) is 0 Å². The second kappa shape index (κ2) is 9.19. The Morgan fingerprint density at radius 2 is 2.00 bits per heavy atom. The van der Waals surface area contributed by atoms with Crippen molar-refractivity contribution in [3.63, 3.8) is 0 Å².